The van der Waals surface area contributed by atoms with Gasteiger partial charge in [0.05, 0.1) is 12.1 Å². The zero-order valence-electron chi connectivity index (χ0n) is 8.14. The van der Waals surface area contributed by atoms with Crippen molar-refractivity contribution in [2.24, 2.45) is 5.73 Å². The number of amides is 1. The van der Waals surface area contributed by atoms with Crippen molar-refractivity contribution in [3.63, 3.8) is 0 Å². The lowest BCUT2D eigenvalue weighted by atomic mass is 9.98. The van der Waals surface area contributed by atoms with Crippen molar-refractivity contribution in [3.8, 4) is 0 Å². The molecule has 1 fully saturated rings. The molecule has 1 aliphatic carbocycles. The Hall–Kier alpha value is -0.770. The Kier molecular flexibility index (Phi) is 3.54. The molecule has 0 spiro atoms. The largest absolute Gasteiger partial charge is 0.450 e. The summed E-state index contributed by atoms with van der Waals surface area (Å²) in [5, 5.41) is 2.86. The minimum absolute atomic E-state index is 0.188. The molecule has 1 amide bonds. The van der Waals surface area contributed by atoms with Crippen LogP contribution in [0, 0.1) is 0 Å². The van der Waals surface area contributed by atoms with Crippen LogP contribution in [0.5, 0.6) is 0 Å². The van der Waals surface area contributed by atoms with Crippen molar-refractivity contribution in [3.05, 3.63) is 0 Å². The van der Waals surface area contributed by atoms with E-state index in [9.17, 15) is 4.79 Å². The van der Waals surface area contributed by atoms with Gasteiger partial charge in [-0.05, 0) is 19.8 Å². The molecule has 0 unspecified atom stereocenters. The molecule has 0 heterocycles. The number of hydrogen-bond acceptors (Lipinski definition) is 3. The molecule has 0 aromatic carbocycles. The van der Waals surface area contributed by atoms with Gasteiger partial charge < -0.3 is 15.8 Å². The van der Waals surface area contributed by atoms with E-state index >= 15 is 0 Å². The molecule has 0 atom stereocenters. The third-order valence-corrected chi connectivity index (χ3v) is 2.59. The van der Waals surface area contributed by atoms with Gasteiger partial charge in [-0.15, -0.1) is 0 Å². The van der Waals surface area contributed by atoms with E-state index in [-0.39, 0.29) is 11.6 Å². The second-order valence-corrected chi connectivity index (χ2v) is 3.54. The van der Waals surface area contributed by atoms with E-state index in [1.54, 1.807) is 6.92 Å². The van der Waals surface area contributed by atoms with E-state index in [2.05, 4.69) is 5.32 Å². The molecular weight excluding hydrogens is 168 g/mol. The van der Waals surface area contributed by atoms with E-state index in [1.165, 1.54) is 0 Å². The van der Waals surface area contributed by atoms with Gasteiger partial charge in [0.1, 0.15) is 0 Å². The summed E-state index contributed by atoms with van der Waals surface area (Å²) in [6.07, 6.45) is 3.90. The van der Waals surface area contributed by atoms with E-state index in [1.807, 2.05) is 0 Å². The molecule has 13 heavy (non-hydrogen) atoms. The van der Waals surface area contributed by atoms with Crippen LogP contribution in [-0.4, -0.2) is 24.8 Å². The lowest BCUT2D eigenvalue weighted by Gasteiger charge is -2.27. The number of nitrogens with one attached hydrogen (secondary N) is 1. The van der Waals surface area contributed by atoms with Gasteiger partial charge in [-0.25, -0.2) is 4.79 Å². The van der Waals surface area contributed by atoms with Crippen LogP contribution < -0.4 is 11.1 Å². The van der Waals surface area contributed by atoms with E-state index < -0.39 is 0 Å². The third-order valence-electron chi connectivity index (χ3n) is 2.59. The monoisotopic (exact) mass is 186 g/mol. The summed E-state index contributed by atoms with van der Waals surface area (Å²) in [6, 6.07) is 0. The maximum absolute atomic E-state index is 11.2. The van der Waals surface area contributed by atoms with Crippen LogP contribution in [0.2, 0.25) is 0 Å². The number of ether oxygens (including phenoxy) is 1. The van der Waals surface area contributed by atoms with Crippen molar-refractivity contribution in [1.82, 2.24) is 5.32 Å². The van der Waals surface area contributed by atoms with Crippen LogP contribution in [0.25, 0.3) is 0 Å². The zero-order valence-corrected chi connectivity index (χ0v) is 8.14. The fraction of sp³-hybridized carbons (Fsp3) is 0.889. The van der Waals surface area contributed by atoms with Gasteiger partial charge in [-0.3, -0.25) is 0 Å². The van der Waals surface area contributed by atoms with Crippen molar-refractivity contribution in [1.29, 1.82) is 0 Å². The van der Waals surface area contributed by atoms with Crippen LogP contribution in [-0.2, 0) is 4.74 Å². The van der Waals surface area contributed by atoms with E-state index in [0.717, 1.165) is 25.7 Å². The predicted octanol–water partition coefficient (Wildman–Crippen LogP) is 1.00. The highest BCUT2D eigenvalue weighted by Gasteiger charge is 2.34. The molecule has 1 aliphatic rings. The molecule has 3 N–H and O–H groups in total. The minimum Gasteiger partial charge on any atom is -0.450 e. The minimum atomic E-state index is -0.338. The average molecular weight is 186 g/mol. The predicted molar refractivity (Wildman–Crippen MR) is 50.4 cm³/mol. The summed E-state index contributed by atoms with van der Waals surface area (Å²) in [5.74, 6) is 0. The Morgan fingerprint density at radius 2 is 2.15 bits per heavy atom. The number of alkyl carbamates (subject to hydrolysis) is 1. The Balaban J connectivity index is 2.43. The summed E-state index contributed by atoms with van der Waals surface area (Å²) in [5.41, 5.74) is 5.45. The highest BCUT2D eigenvalue weighted by Crippen LogP contribution is 2.28. The topological polar surface area (TPSA) is 64.3 Å². The van der Waals surface area contributed by atoms with Gasteiger partial charge in [-0.1, -0.05) is 12.8 Å². The molecule has 1 saturated carbocycles. The van der Waals surface area contributed by atoms with Crippen LogP contribution in [0.15, 0.2) is 0 Å². The van der Waals surface area contributed by atoms with Crippen LogP contribution in [0.3, 0.4) is 0 Å². The standard InChI is InChI=1S/C9H18N2O2/c1-2-13-8(12)11-9(7-10)5-3-4-6-9/h2-7,10H2,1H3,(H,11,12). The van der Waals surface area contributed by atoms with Gasteiger partial charge in [-0.2, -0.15) is 0 Å². The Labute approximate surface area is 78.8 Å². The number of carbonyl (C=O) groups excluding carboxylic acids is 1. The van der Waals surface area contributed by atoms with Gasteiger partial charge in [0.25, 0.3) is 0 Å². The van der Waals surface area contributed by atoms with E-state index in [4.69, 9.17) is 10.5 Å². The average Bonchev–Trinajstić information content (AvgIpc) is 2.54. The molecule has 1 rings (SSSR count). The highest BCUT2D eigenvalue weighted by atomic mass is 16.5. The number of rotatable bonds is 3. The molecule has 0 aliphatic heterocycles. The molecular formula is C9H18N2O2. The molecule has 4 heteroatoms. The molecule has 0 radical (unpaired) electrons. The molecule has 0 aromatic heterocycles. The summed E-state index contributed by atoms with van der Waals surface area (Å²) < 4.78 is 4.83. The van der Waals surface area contributed by atoms with Crippen LogP contribution in [0.1, 0.15) is 32.6 Å². The maximum Gasteiger partial charge on any atom is 0.407 e. The summed E-state index contributed by atoms with van der Waals surface area (Å²) >= 11 is 0. The van der Waals surface area contributed by atoms with Gasteiger partial charge >= 0.3 is 6.09 Å². The smallest absolute Gasteiger partial charge is 0.407 e. The Morgan fingerprint density at radius 3 is 2.62 bits per heavy atom. The fourth-order valence-electron chi connectivity index (χ4n) is 1.82. The first-order valence-corrected chi connectivity index (χ1v) is 4.87. The summed E-state index contributed by atoms with van der Waals surface area (Å²) in [6.45, 7) is 2.71. The summed E-state index contributed by atoms with van der Waals surface area (Å²) in [7, 11) is 0. The van der Waals surface area contributed by atoms with E-state index in [0.29, 0.717) is 13.2 Å². The molecule has 0 bridgehead atoms. The fourth-order valence-corrected chi connectivity index (χ4v) is 1.82. The molecule has 76 valence electrons. The van der Waals surface area contributed by atoms with Gasteiger partial charge in [0, 0.05) is 6.54 Å². The second-order valence-electron chi connectivity index (χ2n) is 3.54. The highest BCUT2D eigenvalue weighted by molar-refractivity contribution is 5.68. The number of nitrogens with two attached hydrogens (primary N) is 1. The Morgan fingerprint density at radius 1 is 1.54 bits per heavy atom. The SMILES string of the molecule is CCOC(=O)NC1(CN)CCCC1. The first-order valence-electron chi connectivity index (χ1n) is 4.87. The quantitative estimate of drug-likeness (QED) is 0.691. The lowest BCUT2D eigenvalue weighted by Crippen LogP contribution is -2.51. The Bertz CT molecular complexity index is 176. The molecule has 4 nitrogen and oxygen atoms in total. The second kappa shape index (κ2) is 4.46. The van der Waals surface area contributed by atoms with Crippen LogP contribution in [0.4, 0.5) is 4.79 Å². The summed E-state index contributed by atoms with van der Waals surface area (Å²) in [4.78, 5) is 11.2. The third kappa shape index (κ3) is 2.59. The van der Waals surface area contributed by atoms with Gasteiger partial charge in [0.15, 0.2) is 0 Å². The lowest BCUT2D eigenvalue weighted by molar-refractivity contribution is 0.138. The maximum atomic E-state index is 11.2. The molecule has 0 aromatic rings. The first kappa shape index (κ1) is 10.3. The molecule has 0 saturated heterocycles. The van der Waals surface area contributed by atoms with Crippen LogP contribution >= 0.6 is 0 Å². The number of hydrogen-bond donors (Lipinski definition) is 2. The normalized spacial score (nSPS) is 19.8. The zero-order chi connectivity index (χ0) is 9.73. The van der Waals surface area contributed by atoms with Crippen molar-refractivity contribution < 1.29 is 9.53 Å². The van der Waals surface area contributed by atoms with Crippen molar-refractivity contribution in [2.45, 2.75) is 38.1 Å². The first-order chi connectivity index (χ1) is 6.22. The van der Waals surface area contributed by atoms with Crippen molar-refractivity contribution >= 4 is 6.09 Å². The van der Waals surface area contributed by atoms with Crippen molar-refractivity contribution in [2.75, 3.05) is 13.2 Å². The number of carbonyl (C=O) groups is 1. The van der Waals surface area contributed by atoms with Gasteiger partial charge in [0.2, 0.25) is 0 Å².